The van der Waals surface area contributed by atoms with E-state index < -0.39 is 20.8 Å². The summed E-state index contributed by atoms with van der Waals surface area (Å²) < 4.78 is 2.96. The number of carbonyl (C=O) groups excluding carboxylic acids is 1. The van der Waals surface area contributed by atoms with Crippen molar-refractivity contribution in [3.8, 4) is 5.75 Å². The van der Waals surface area contributed by atoms with Crippen molar-refractivity contribution in [1.29, 1.82) is 0 Å². The first kappa shape index (κ1) is 24.2. The first-order chi connectivity index (χ1) is 14.0. The van der Waals surface area contributed by atoms with Crippen LogP contribution in [-0.4, -0.2) is 33.0 Å². The molecular formula is C17H14Cl4N4O4S. The molecule has 0 saturated heterocycles. The molecule has 0 aliphatic carbocycles. The minimum absolute atomic E-state index is 0.0582. The van der Waals surface area contributed by atoms with Crippen molar-refractivity contribution in [3.05, 3.63) is 63.2 Å². The van der Waals surface area contributed by atoms with Crippen molar-refractivity contribution in [3.63, 3.8) is 0 Å². The molecule has 2 aromatic carbocycles. The molecule has 0 fully saturated rings. The topological polar surface area (TPSA) is 106 Å². The van der Waals surface area contributed by atoms with E-state index in [2.05, 4.69) is 16.0 Å². The molecule has 3 N–H and O–H groups in total. The molecule has 0 bridgehead atoms. The second-order valence-electron chi connectivity index (χ2n) is 5.70. The van der Waals surface area contributed by atoms with Crippen LogP contribution >= 0.6 is 58.6 Å². The highest BCUT2D eigenvalue weighted by Gasteiger charge is 2.35. The van der Waals surface area contributed by atoms with Crippen molar-refractivity contribution >= 4 is 81.0 Å². The summed E-state index contributed by atoms with van der Waals surface area (Å²) in [5, 5.41) is 19.3. The van der Waals surface area contributed by atoms with Gasteiger partial charge in [0.25, 0.3) is 5.91 Å². The Morgan fingerprint density at radius 3 is 2.47 bits per heavy atom. The molecule has 0 heterocycles. The number of methoxy groups -OCH3 is 1. The third-order valence-corrected chi connectivity index (χ3v) is 4.71. The summed E-state index contributed by atoms with van der Waals surface area (Å²) in [7, 11) is 1.32. The van der Waals surface area contributed by atoms with Gasteiger partial charge in [-0.3, -0.25) is 14.9 Å². The zero-order valence-electron chi connectivity index (χ0n) is 15.1. The molecule has 160 valence electrons. The summed E-state index contributed by atoms with van der Waals surface area (Å²) >= 11 is 28.9. The predicted molar refractivity (Wildman–Crippen MR) is 122 cm³/mol. The molecule has 1 amide bonds. The van der Waals surface area contributed by atoms with Crippen LogP contribution in [0.2, 0.25) is 5.02 Å². The van der Waals surface area contributed by atoms with Crippen LogP contribution in [-0.2, 0) is 0 Å². The maximum atomic E-state index is 12.4. The zero-order chi connectivity index (χ0) is 22.5. The number of hydrogen-bond donors (Lipinski definition) is 3. The van der Waals surface area contributed by atoms with Gasteiger partial charge in [-0.05, 0) is 42.5 Å². The third-order valence-electron chi connectivity index (χ3n) is 3.60. The van der Waals surface area contributed by atoms with Gasteiger partial charge in [0.15, 0.2) is 10.9 Å². The van der Waals surface area contributed by atoms with E-state index >= 15 is 0 Å². The summed E-state index contributed by atoms with van der Waals surface area (Å²) in [5.74, 6) is -0.485. The van der Waals surface area contributed by atoms with Crippen molar-refractivity contribution in [2.45, 2.75) is 9.96 Å². The number of nitro benzene ring substituents is 1. The van der Waals surface area contributed by atoms with Gasteiger partial charge in [0, 0.05) is 22.3 Å². The number of hydrogen-bond acceptors (Lipinski definition) is 5. The molecule has 2 aromatic rings. The largest absolute Gasteiger partial charge is 0.490 e. The minimum atomic E-state index is -1.98. The van der Waals surface area contributed by atoms with Gasteiger partial charge in [-0.25, -0.2) is 0 Å². The van der Waals surface area contributed by atoms with E-state index in [9.17, 15) is 14.9 Å². The Morgan fingerprint density at radius 2 is 1.90 bits per heavy atom. The molecule has 0 aliphatic heterocycles. The number of rotatable bonds is 6. The predicted octanol–water partition coefficient (Wildman–Crippen LogP) is 4.67. The average molecular weight is 512 g/mol. The fraction of sp³-hybridized carbons (Fsp3) is 0.176. The fourth-order valence-electron chi connectivity index (χ4n) is 2.25. The number of carbonyl (C=O) groups is 1. The Kier molecular flexibility index (Phi) is 8.34. The molecule has 30 heavy (non-hydrogen) atoms. The molecule has 8 nitrogen and oxygen atoms in total. The molecule has 1 atom stereocenters. The van der Waals surface area contributed by atoms with E-state index in [4.69, 9.17) is 63.4 Å². The molecule has 2 rings (SSSR count). The molecule has 0 saturated carbocycles. The first-order valence-electron chi connectivity index (χ1n) is 8.04. The van der Waals surface area contributed by atoms with Gasteiger partial charge in [0.1, 0.15) is 6.17 Å². The second-order valence-corrected chi connectivity index (χ2v) is 8.91. The maximum absolute atomic E-state index is 12.4. The van der Waals surface area contributed by atoms with Crippen LogP contribution < -0.4 is 20.7 Å². The van der Waals surface area contributed by atoms with Crippen molar-refractivity contribution in [2.75, 3.05) is 12.4 Å². The quantitative estimate of drug-likeness (QED) is 0.170. The van der Waals surface area contributed by atoms with E-state index in [1.807, 2.05) is 0 Å². The fourth-order valence-corrected chi connectivity index (χ4v) is 3.01. The van der Waals surface area contributed by atoms with Crippen LogP contribution in [0, 0.1) is 10.1 Å². The highest BCUT2D eigenvalue weighted by atomic mass is 35.6. The number of anilines is 1. The number of alkyl halides is 3. The van der Waals surface area contributed by atoms with Crippen LogP contribution in [0.25, 0.3) is 0 Å². The van der Waals surface area contributed by atoms with Gasteiger partial charge >= 0.3 is 5.69 Å². The summed E-state index contributed by atoms with van der Waals surface area (Å²) in [4.78, 5) is 23.0. The van der Waals surface area contributed by atoms with E-state index in [0.717, 1.165) is 0 Å². The first-order valence-corrected chi connectivity index (χ1v) is 9.96. The lowest BCUT2D eigenvalue weighted by Gasteiger charge is -2.27. The van der Waals surface area contributed by atoms with Gasteiger partial charge in [0.05, 0.1) is 12.0 Å². The molecule has 0 radical (unpaired) electrons. The summed E-state index contributed by atoms with van der Waals surface area (Å²) in [6, 6.07) is 10.3. The minimum Gasteiger partial charge on any atom is -0.490 e. The number of halogens is 4. The monoisotopic (exact) mass is 510 g/mol. The van der Waals surface area contributed by atoms with Gasteiger partial charge in [-0.1, -0.05) is 52.5 Å². The SMILES string of the molecule is COc1ccc(NC(=S)N[C@@H](NC(=O)c2cccc(Cl)c2)C(Cl)(Cl)Cl)cc1[N+](=O)[O-]. The second kappa shape index (κ2) is 10.3. The number of nitro groups is 1. The summed E-state index contributed by atoms with van der Waals surface area (Å²) in [6.07, 6.45) is -1.23. The Morgan fingerprint density at radius 1 is 1.20 bits per heavy atom. The maximum Gasteiger partial charge on any atom is 0.312 e. The van der Waals surface area contributed by atoms with Crippen LogP contribution in [0.5, 0.6) is 5.75 Å². The Labute approximate surface area is 196 Å². The van der Waals surface area contributed by atoms with Crippen molar-refractivity contribution in [2.24, 2.45) is 0 Å². The smallest absolute Gasteiger partial charge is 0.312 e. The molecule has 13 heteroatoms. The van der Waals surface area contributed by atoms with E-state index in [-0.39, 0.29) is 27.8 Å². The Bertz CT molecular complexity index is 971. The van der Waals surface area contributed by atoms with Crippen LogP contribution in [0.15, 0.2) is 42.5 Å². The van der Waals surface area contributed by atoms with Crippen LogP contribution in [0.3, 0.4) is 0 Å². The number of nitrogens with one attached hydrogen (secondary N) is 3. The standard InChI is InChI=1S/C17H14Cl4N4O4S/c1-29-13-6-5-11(8-12(13)25(27)28)22-16(30)24-15(17(19,20)21)23-14(26)9-3-2-4-10(18)7-9/h2-8,15H,1H3,(H,23,26)(H2,22,24,30)/t15-/m1/s1. The van der Waals surface area contributed by atoms with Gasteiger partial charge in [-0.2, -0.15) is 0 Å². The lowest BCUT2D eigenvalue weighted by Crippen LogP contribution is -2.56. The highest BCUT2D eigenvalue weighted by molar-refractivity contribution is 7.80. The normalized spacial score (nSPS) is 11.9. The van der Waals surface area contributed by atoms with Gasteiger partial charge in [0.2, 0.25) is 3.79 Å². The van der Waals surface area contributed by atoms with Crippen molar-refractivity contribution in [1.82, 2.24) is 10.6 Å². The van der Waals surface area contributed by atoms with Crippen LogP contribution in [0.1, 0.15) is 10.4 Å². The highest BCUT2D eigenvalue weighted by Crippen LogP contribution is 2.31. The Hall–Kier alpha value is -2.04. The molecule has 0 aliphatic rings. The number of thiocarbonyl (C=S) groups is 1. The average Bonchev–Trinajstić information content (AvgIpc) is 2.66. The molecule has 0 spiro atoms. The number of amides is 1. The number of nitrogens with zero attached hydrogens (tertiary/aromatic N) is 1. The molecular weight excluding hydrogens is 498 g/mol. The lowest BCUT2D eigenvalue weighted by molar-refractivity contribution is -0.385. The summed E-state index contributed by atoms with van der Waals surface area (Å²) in [5.41, 5.74) is 0.259. The molecule has 0 unspecified atom stereocenters. The van der Waals surface area contributed by atoms with Gasteiger partial charge < -0.3 is 20.7 Å². The number of ether oxygens (including phenoxy) is 1. The van der Waals surface area contributed by atoms with E-state index in [1.165, 1.54) is 37.4 Å². The third kappa shape index (κ3) is 6.75. The van der Waals surface area contributed by atoms with E-state index in [1.54, 1.807) is 12.1 Å². The van der Waals surface area contributed by atoms with Crippen LogP contribution in [0.4, 0.5) is 11.4 Å². The Balaban J connectivity index is 2.13. The zero-order valence-corrected chi connectivity index (χ0v) is 19.0. The van der Waals surface area contributed by atoms with Crippen molar-refractivity contribution < 1.29 is 14.5 Å². The van der Waals surface area contributed by atoms with Gasteiger partial charge in [-0.15, -0.1) is 0 Å². The molecule has 0 aromatic heterocycles. The van der Waals surface area contributed by atoms with E-state index in [0.29, 0.717) is 5.02 Å². The summed E-state index contributed by atoms with van der Waals surface area (Å²) in [6.45, 7) is 0. The lowest BCUT2D eigenvalue weighted by atomic mass is 10.2. The number of benzene rings is 2.